The van der Waals surface area contributed by atoms with Crippen molar-refractivity contribution in [3.05, 3.63) is 29.8 Å². The van der Waals surface area contributed by atoms with Gasteiger partial charge in [0.1, 0.15) is 11.6 Å². The summed E-state index contributed by atoms with van der Waals surface area (Å²) >= 11 is 0. The Hall–Kier alpha value is -1.58. The van der Waals surface area contributed by atoms with Gasteiger partial charge in [-0.3, -0.25) is 9.69 Å². The molecule has 1 aromatic carbocycles. The molecule has 2 aliphatic rings. The Bertz CT molecular complexity index is 738. The van der Waals surface area contributed by atoms with E-state index < -0.39 is 26.6 Å². The summed E-state index contributed by atoms with van der Waals surface area (Å²) in [6, 6.07) is 3.23. The molecule has 1 amide bonds. The molecule has 0 unspecified atom stereocenters. The minimum atomic E-state index is -4.24. The van der Waals surface area contributed by atoms with E-state index in [1.165, 1.54) is 0 Å². The third kappa shape index (κ3) is 4.21. The van der Waals surface area contributed by atoms with E-state index in [0.717, 1.165) is 48.2 Å². The van der Waals surface area contributed by atoms with Gasteiger partial charge in [0.15, 0.2) is 4.90 Å². The summed E-state index contributed by atoms with van der Waals surface area (Å²) in [5.41, 5.74) is 0. The standard InChI is InChI=1S/C17H23F2N3O3S/c18-14-6-3-7-15(19)17(14)26(24,25)22-10-8-21(9-11-22)12-16(23)20-13-4-1-2-5-13/h3,6-7,13H,1-2,4-5,8-12H2,(H,20,23). The number of carbonyl (C=O) groups is 1. The second-order valence-corrected chi connectivity index (χ2v) is 8.65. The maximum atomic E-state index is 13.8. The highest BCUT2D eigenvalue weighted by atomic mass is 32.2. The van der Waals surface area contributed by atoms with Crippen molar-refractivity contribution in [3.63, 3.8) is 0 Å². The molecule has 2 fully saturated rings. The predicted octanol–water partition coefficient (Wildman–Crippen LogP) is 1.33. The predicted molar refractivity (Wildman–Crippen MR) is 92.0 cm³/mol. The minimum Gasteiger partial charge on any atom is -0.352 e. The molecule has 0 radical (unpaired) electrons. The van der Waals surface area contributed by atoms with Crippen LogP contribution in [0.3, 0.4) is 0 Å². The van der Waals surface area contributed by atoms with E-state index >= 15 is 0 Å². The van der Waals surface area contributed by atoms with Gasteiger partial charge in [-0.25, -0.2) is 17.2 Å². The molecular formula is C17H23F2N3O3S. The lowest BCUT2D eigenvalue weighted by atomic mass is 10.2. The second-order valence-electron chi connectivity index (χ2n) is 6.78. The molecule has 144 valence electrons. The zero-order chi connectivity index (χ0) is 18.7. The molecule has 9 heteroatoms. The van der Waals surface area contributed by atoms with Crippen LogP contribution in [0.1, 0.15) is 25.7 Å². The largest absolute Gasteiger partial charge is 0.352 e. The Labute approximate surface area is 152 Å². The molecule has 0 aromatic heterocycles. The summed E-state index contributed by atoms with van der Waals surface area (Å²) < 4.78 is 53.8. The van der Waals surface area contributed by atoms with Crippen LogP contribution < -0.4 is 5.32 Å². The van der Waals surface area contributed by atoms with Gasteiger partial charge in [0, 0.05) is 32.2 Å². The third-order valence-corrected chi connectivity index (χ3v) is 6.89. The van der Waals surface area contributed by atoms with Crippen LogP contribution in [0.2, 0.25) is 0 Å². The molecule has 0 bridgehead atoms. The van der Waals surface area contributed by atoms with Crippen LogP contribution in [0.25, 0.3) is 0 Å². The fourth-order valence-electron chi connectivity index (χ4n) is 3.53. The monoisotopic (exact) mass is 387 g/mol. The first-order valence-electron chi connectivity index (χ1n) is 8.84. The van der Waals surface area contributed by atoms with Gasteiger partial charge in [0.2, 0.25) is 15.9 Å². The van der Waals surface area contributed by atoms with Crippen LogP contribution >= 0.6 is 0 Å². The van der Waals surface area contributed by atoms with Crippen molar-refractivity contribution in [1.29, 1.82) is 0 Å². The van der Waals surface area contributed by atoms with Gasteiger partial charge in [-0.15, -0.1) is 0 Å². The molecule has 1 heterocycles. The van der Waals surface area contributed by atoms with Gasteiger partial charge >= 0.3 is 0 Å². The zero-order valence-electron chi connectivity index (χ0n) is 14.5. The normalized spacial score (nSPS) is 20.4. The average molecular weight is 387 g/mol. The van der Waals surface area contributed by atoms with Gasteiger partial charge in [-0.1, -0.05) is 18.9 Å². The molecule has 1 aliphatic carbocycles. The zero-order valence-corrected chi connectivity index (χ0v) is 15.3. The van der Waals surface area contributed by atoms with Crippen LogP contribution in [0, 0.1) is 11.6 Å². The first-order chi connectivity index (χ1) is 12.4. The third-order valence-electron chi connectivity index (χ3n) is 4.94. The molecule has 1 N–H and O–H groups in total. The van der Waals surface area contributed by atoms with Crippen LogP contribution in [-0.4, -0.2) is 62.3 Å². The topological polar surface area (TPSA) is 69.7 Å². The highest BCUT2D eigenvalue weighted by Crippen LogP contribution is 2.23. The van der Waals surface area contributed by atoms with Gasteiger partial charge in [-0.2, -0.15) is 4.31 Å². The summed E-state index contributed by atoms with van der Waals surface area (Å²) in [6.45, 7) is 1.07. The van der Waals surface area contributed by atoms with E-state index in [1.807, 2.05) is 4.90 Å². The number of halogens is 2. The van der Waals surface area contributed by atoms with E-state index in [1.54, 1.807) is 0 Å². The summed E-state index contributed by atoms with van der Waals surface area (Å²) in [5, 5.41) is 3.00. The summed E-state index contributed by atoms with van der Waals surface area (Å²) in [4.78, 5) is 13.0. The average Bonchev–Trinajstić information content (AvgIpc) is 3.07. The fraction of sp³-hybridized carbons (Fsp3) is 0.588. The lowest BCUT2D eigenvalue weighted by Crippen LogP contribution is -2.51. The van der Waals surface area contributed by atoms with Crippen molar-refractivity contribution in [1.82, 2.24) is 14.5 Å². The maximum absolute atomic E-state index is 13.8. The Balaban J connectivity index is 1.57. The second kappa shape index (κ2) is 7.98. The number of rotatable bonds is 5. The summed E-state index contributed by atoms with van der Waals surface area (Å²) in [5.74, 6) is -2.25. The fourth-order valence-corrected chi connectivity index (χ4v) is 5.06. The molecule has 1 saturated carbocycles. The van der Waals surface area contributed by atoms with Gasteiger partial charge < -0.3 is 5.32 Å². The van der Waals surface area contributed by atoms with Crippen molar-refractivity contribution in [2.24, 2.45) is 0 Å². The number of nitrogens with zero attached hydrogens (tertiary/aromatic N) is 2. The van der Waals surface area contributed by atoms with Crippen LogP contribution in [-0.2, 0) is 14.8 Å². The first-order valence-corrected chi connectivity index (χ1v) is 10.3. The Morgan fingerprint density at radius 1 is 1.08 bits per heavy atom. The van der Waals surface area contributed by atoms with Crippen molar-refractivity contribution in [2.75, 3.05) is 32.7 Å². The quantitative estimate of drug-likeness (QED) is 0.828. The molecule has 1 aliphatic heterocycles. The number of benzene rings is 1. The summed E-state index contributed by atoms with van der Waals surface area (Å²) in [7, 11) is -4.24. The van der Waals surface area contributed by atoms with E-state index in [0.29, 0.717) is 13.1 Å². The lowest BCUT2D eigenvalue weighted by molar-refractivity contribution is -0.123. The number of amides is 1. The van der Waals surface area contributed by atoms with Crippen LogP contribution in [0.4, 0.5) is 8.78 Å². The van der Waals surface area contributed by atoms with Crippen molar-refractivity contribution >= 4 is 15.9 Å². The van der Waals surface area contributed by atoms with E-state index in [-0.39, 0.29) is 31.6 Å². The van der Waals surface area contributed by atoms with Crippen LogP contribution in [0.15, 0.2) is 23.1 Å². The molecule has 26 heavy (non-hydrogen) atoms. The Kier molecular flexibility index (Phi) is 5.89. The number of carbonyl (C=O) groups excluding carboxylic acids is 1. The molecule has 1 saturated heterocycles. The first kappa shape index (κ1) is 19.2. The summed E-state index contributed by atoms with van der Waals surface area (Å²) in [6.07, 6.45) is 4.28. The molecular weight excluding hydrogens is 364 g/mol. The van der Waals surface area contributed by atoms with Crippen molar-refractivity contribution in [2.45, 2.75) is 36.6 Å². The highest BCUT2D eigenvalue weighted by molar-refractivity contribution is 7.89. The van der Waals surface area contributed by atoms with Crippen molar-refractivity contribution < 1.29 is 22.0 Å². The molecule has 1 aromatic rings. The number of hydrogen-bond donors (Lipinski definition) is 1. The van der Waals surface area contributed by atoms with E-state index in [2.05, 4.69) is 5.32 Å². The van der Waals surface area contributed by atoms with Gasteiger partial charge in [-0.05, 0) is 25.0 Å². The molecule has 0 atom stereocenters. The number of nitrogens with one attached hydrogen (secondary N) is 1. The Morgan fingerprint density at radius 3 is 2.23 bits per heavy atom. The lowest BCUT2D eigenvalue weighted by Gasteiger charge is -2.33. The molecule has 3 rings (SSSR count). The Morgan fingerprint density at radius 2 is 1.65 bits per heavy atom. The van der Waals surface area contributed by atoms with Gasteiger partial charge in [0.25, 0.3) is 0 Å². The molecule has 0 spiro atoms. The maximum Gasteiger partial charge on any atom is 0.249 e. The van der Waals surface area contributed by atoms with Crippen LogP contribution in [0.5, 0.6) is 0 Å². The van der Waals surface area contributed by atoms with E-state index in [9.17, 15) is 22.0 Å². The smallest absolute Gasteiger partial charge is 0.249 e. The minimum absolute atomic E-state index is 0.0617. The van der Waals surface area contributed by atoms with Crippen molar-refractivity contribution in [3.8, 4) is 0 Å². The highest BCUT2D eigenvalue weighted by Gasteiger charge is 2.33. The SMILES string of the molecule is O=C(CN1CCN(S(=O)(=O)c2c(F)cccc2F)CC1)NC1CCCC1. The number of hydrogen-bond acceptors (Lipinski definition) is 4. The van der Waals surface area contributed by atoms with Gasteiger partial charge in [0.05, 0.1) is 6.54 Å². The number of sulfonamides is 1. The molecule has 6 nitrogen and oxygen atoms in total. The number of piperazine rings is 1. The van der Waals surface area contributed by atoms with E-state index in [4.69, 9.17) is 0 Å².